The van der Waals surface area contributed by atoms with Crippen LogP contribution in [0.25, 0.3) is 11.1 Å². The molecule has 0 bridgehead atoms. The van der Waals surface area contributed by atoms with Gasteiger partial charge in [-0.3, -0.25) is 0 Å². The highest BCUT2D eigenvalue weighted by Crippen LogP contribution is 2.43. The van der Waals surface area contributed by atoms with Gasteiger partial charge in [0.25, 0.3) is 0 Å². The highest BCUT2D eigenvalue weighted by atomic mass is 31.1. The number of benzene rings is 4. The van der Waals surface area contributed by atoms with Gasteiger partial charge in [0.05, 0.1) is 20.4 Å². The molecule has 2 heterocycles. The molecule has 0 N–H and O–H groups in total. The third-order valence-electron chi connectivity index (χ3n) is 6.72. The Morgan fingerprint density at radius 1 is 0.421 bits per heavy atom. The summed E-state index contributed by atoms with van der Waals surface area (Å²) in [6.07, 6.45) is 3.51. The van der Waals surface area contributed by atoms with Crippen LogP contribution in [0.3, 0.4) is 0 Å². The van der Waals surface area contributed by atoms with Crippen LogP contribution in [0.1, 0.15) is 11.1 Å². The Bertz CT molecular complexity index is 1550. The number of hydrogen-bond donors (Lipinski definition) is 0. The third kappa shape index (κ3) is 4.67. The molecule has 0 radical (unpaired) electrons. The maximum Gasteiger partial charge on any atom is 0.137 e. The van der Waals surface area contributed by atoms with Gasteiger partial charge >= 0.3 is 0 Å². The molecule has 0 saturated carbocycles. The lowest BCUT2D eigenvalue weighted by Gasteiger charge is -2.27. The molecule has 0 amide bonds. The Hall–Kier alpha value is -3.70. The summed E-state index contributed by atoms with van der Waals surface area (Å²) in [7, 11) is -1.79. The second kappa shape index (κ2) is 11.0. The zero-order valence-electron chi connectivity index (χ0n) is 21.4. The standard InChI is InChI=1S/C34H28O2P2/c1-25-13-9-19-29(37(27-15-5-3-6-16-27)28-17-7-4-8-18-28)33(25)34-26(2)14-10-20-30(34)38(31-21-11-23-35-31)32-22-12-24-36-32/h3-24H,1-2H3. The first-order valence-corrected chi connectivity index (χ1v) is 15.4. The topological polar surface area (TPSA) is 26.3 Å². The van der Waals surface area contributed by atoms with Crippen molar-refractivity contribution in [1.82, 2.24) is 0 Å². The number of hydrogen-bond acceptors (Lipinski definition) is 2. The van der Waals surface area contributed by atoms with Gasteiger partial charge in [0.2, 0.25) is 0 Å². The predicted octanol–water partition coefficient (Wildman–Crippen LogP) is 6.67. The zero-order valence-corrected chi connectivity index (χ0v) is 23.2. The largest absolute Gasteiger partial charge is 0.464 e. The molecule has 38 heavy (non-hydrogen) atoms. The molecule has 0 unspecified atom stereocenters. The Morgan fingerprint density at radius 2 is 0.868 bits per heavy atom. The van der Waals surface area contributed by atoms with Gasteiger partial charge in [0, 0.05) is 0 Å². The molecule has 0 atom stereocenters. The molecular weight excluding hydrogens is 502 g/mol. The van der Waals surface area contributed by atoms with Crippen LogP contribution in [-0.2, 0) is 0 Å². The Labute approximate surface area is 226 Å². The van der Waals surface area contributed by atoms with E-state index in [9.17, 15) is 0 Å². The monoisotopic (exact) mass is 530 g/mol. The molecule has 2 aromatic heterocycles. The van der Waals surface area contributed by atoms with E-state index in [0.29, 0.717) is 0 Å². The van der Waals surface area contributed by atoms with Gasteiger partial charge in [-0.05, 0) is 89.5 Å². The Balaban J connectivity index is 1.64. The van der Waals surface area contributed by atoms with Crippen molar-refractivity contribution in [2.75, 3.05) is 0 Å². The molecule has 4 heteroatoms. The smallest absolute Gasteiger partial charge is 0.137 e. The number of aryl methyl sites for hydroxylation is 2. The molecule has 2 nitrogen and oxygen atoms in total. The van der Waals surface area contributed by atoms with Gasteiger partial charge < -0.3 is 8.83 Å². The summed E-state index contributed by atoms with van der Waals surface area (Å²) in [6.45, 7) is 4.46. The number of rotatable bonds is 7. The zero-order chi connectivity index (χ0) is 25.9. The van der Waals surface area contributed by atoms with E-state index in [1.165, 1.54) is 43.5 Å². The fourth-order valence-corrected chi connectivity index (χ4v) is 9.83. The molecule has 186 valence electrons. The summed E-state index contributed by atoms with van der Waals surface area (Å²) in [5.74, 6) is 0. The first-order valence-electron chi connectivity index (χ1n) is 12.7. The van der Waals surface area contributed by atoms with Crippen LogP contribution in [0, 0.1) is 13.8 Å². The lowest BCUT2D eigenvalue weighted by atomic mass is 9.96. The summed E-state index contributed by atoms with van der Waals surface area (Å²) in [6, 6.07) is 43.3. The summed E-state index contributed by atoms with van der Waals surface area (Å²) in [5, 5.41) is 5.29. The van der Waals surface area contributed by atoms with E-state index in [0.717, 1.165) is 11.0 Å². The van der Waals surface area contributed by atoms with Gasteiger partial charge in [-0.2, -0.15) is 0 Å². The van der Waals surface area contributed by atoms with Crippen molar-refractivity contribution in [2.45, 2.75) is 13.8 Å². The molecule has 0 aliphatic heterocycles. The van der Waals surface area contributed by atoms with Crippen LogP contribution in [0.4, 0.5) is 0 Å². The molecule has 0 aliphatic carbocycles. The van der Waals surface area contributed by atoms with Crippen molar-refractivity contribution in [3.8, 4) is 11.1 Å². The average molecular weight is 531 g/mol. The molecule has 4 aromatic carbocycles. The summed E-state index contributed by atoms with van der Waals surface area (Å²) >= 11 is 0. The Kier molecular flexibility index (Phi) is 7.10. The van der Waals surface area contributed by atoms with Crippen LogP contribution in [0.15, 0.2) is 143 Å². The van der Waals surface area contributed by atoms with Crippen LogP contribution in [-0.4, -0.2) is 0 Å². The fourth-order valence-electron chi connectivity index (χ4n) is 5.05. The highest BCUT2D eigenvalue weighted by molar-refractivity contribution is 7.80. The van der Waals surface area contributed by atoms with Crippen LogP contribution in [0.5, 0.6) is 0 Å². The van der Waals surface area contributed by atoms with Gasteiger partial charge in [0.15, 0.2) is 0 Å². The van der Waals surface area contributed by atoms with Gasteiger partial charge in [-0.25, -0.2) is 0 Å². The van der Waals surface area contributed by atoms with Crippen LogP contribution >= 0.6 is 15.8 Å². The lowest BCUT2D eigenvalue weighted by Crippen LogP contribution is -2.26. The second-order valence-electron chi connectivity index (χ2n) is 9.18. The Morgan fingerprint density at radius 3 is 1.29 bits per heavy atom. The van der Waals surface area contributed by atoms with Crippen molar-refractivity contribution in [2.24, 2.45) is 0 Å². The lowest BCUT2D eigenvalue weighted by molar-refractivity contribution is 0.593. The van der Waals surface area contributed by atoms with Crippen molar-refractivity contribution in [1.29, 1.82) is 0 Å². The SMILES string of the molecule is Cc1cccc(P(c2ccccc2)c2ccccc2)c1-c1c(C)cccc1P(c1ccco1)c1ccco1. The van der Waals surface area contributed by atoms with E-state index in [1.54, 1.807) is 12.5 Å². The minimum absolute atomic E-state index is 0.780. The first kappa shape index (κ1) is 24.6. The fraction of sp³-hybridized carbons (Fsp3) is 0.0588. The van der Waals surface area contributed by atoms with E-state index in [-0.39, 0.29) is 0 Å². The maximum atomic E-state index is 6.02. The summed E-state index contributed by atoms with van der Waals surface area (Å²) in [4.78, 5) is 0. The van der Waals surface area contributed by atoms with E-state index in [4.69, 9.17) is 8.83 Å². The highest BCUT2D eigenvalue weighted by Gasteiger charge is 2.29. The molecule has 0 saturated heterocycles. The van der Waals surface area contributed by atoms with Gasteiger partial charge in [0.1, 0.15) is 11.0 Å². The molecule has 0 fully saturated rings. The quantitative estimate of drug-likeness (QED) is 0.216. The summed E-state index contributed by atoms with van der Waals surface area (Å²) < 4.78 is 12.0. The minimum Gasteiger partial charge on any atom is -0.464 e. The molecule has 0 aliphatic rings. The molecule has 6 aromatic rings. The molecule has 0 spiro atoms. The second-order valence-corrected chi connectivity index (χ2v) is 13.4. The van der Waals surface area contributed by atoms with E-state index in [2.05, 4.69) is 123 Å². The maximum absolute atomic E-state index is 6.02. The van der Waals surface area contributed by atoms with Gasteiger partial charge in [-0.15, -0.1) is 0 Å². The van der Waals surface area contributed by atoms with Crippen molar-refractivity contribution in [3.05, 3.63) is 145 Å². The average Bonchev–Trinajstić information content (AvgIpc) is 3.67. The number of furan rings is 2. The summed E-state index contributed by atoms with van der Waals surface area (Å²) in [5.41, 5.74) is 6.98. The third-order valence-corrected chi connectivity index (χ3v) is 11.4. The van der Waals surface area contributed by atoms with E-state index in [1.807, 2.05) is 12.1 Å². The molecule has 6 rings (SSSR count). The van der Waals surface area contributed by atoms with E-state index >= 15 is 0 Å². The normalized spacial score (nSPS) is 11.4. The van der Waals surface area contributed by atoms with Crippen molar-refractivity contribution in [3.63, 3.8) is 0 Å². The molecular formula is C34H28O2P2. The first-order chi connectivity index (χ1) is 18.7. The van der Waals surface area contributed by atoms with Crippen molar-refractivity contribution < 1.29 is 8.83 Å². The van der Waals surface area contributed by atoms with E-state index < -0.39 is 15.8 Å². The predicted molar refractivity (Wildman–Crippen MR) is 163 cm³/mol. The van der Waals surface area contributed by atoms with Crippen LogP contribution in [0.2, 0.25) is 0 Å². The van der Waals surface area contributed by atoms with Crippen LogP contribution < -0.4 is 32.2 Å². The minimum atomic E-state index is -1.01. The van der Waals surface area contributed by atoms with Gasteiger partial charge in [-0.1, -0.05) is 97.1 Å². The van der Waals surface area contributed by atoms with Crippen molar-refractivity contribution >= 4 is 48.1 Å².